The van der Waals surface area contributed by atoms with Gasteiger partial charge < -0.3 is 14.6 Å². The topological polar surface area (TPSA) is 128 Å². The van der Waals surface area contributed by atoms with Crippen LogP contribution < -0.4 is 4.72 Å². The lowest BCUT2D eigenvalue weighted by molar-refractivity contribution is -0.238. The summed E-state index contributed by atoms with van der Waals surface area (Å²) >= 11 is 0. The molecule has 4 rings (SSSR count). The summed E-state index contributed by atoms with van der Waals surface area (Å²) in [6, 6.07) is 0. The summed E-state index contributed by atoms with van der Waals surface area (Å²) in [4.78, 5) is 25.2. The van der Waals surface area contributed by atoms with E-state index < -0.39 is 68.8 Å². The highest BCUT2D eigenvalue weighted by atomic mass is 32.2. The Morgan fingerprint density at radius 3 is 2.62 bits per heavy atom. The van der Waals surface area contributed by atoms with Crippen LogP contribution in [0.25, 0.3) is 0 Å². The van der Waals surface area contributed by atoms with Gasteiger partial charge in [-0.2, -0.15) is 13.1 Å². The molecule has 2 aliphatic carbocycles. The molecule has 26 heavy (non-hydrogen) atoms. The molecule has 4 aliphatic rings. The van der Waals surface area contributed by atoms with Crippen molar-refractivity contribution in [2.45, 2.75) is 57.0 Å². The second-order valence-corrected chi connectivity index (χ2v) is 9.83. The highest BCUT2D eigenvalue weighted by molar-refractivity contribution is 7.84. The Kier molecular flexibility index (Phi) is 3.47. The van der Waals surface area contributed by atoms with Crippen molar-refractivity contribution in [3.8, 4) is 0 Å². The van der Waals surface area contributed by atoms with Gasteiger partial charge in [0.05, 0.1) is 30.0 Å². The van der Waals surface area contributed by atoms with Gasteiger partial charge in [0, 0.05) is 11.5 Å². The van der Waals surface area contributed by atoms with Crippen molar-refractivity contribution in [1.82, 2.24) is 4.72 Å². The summed E-state index contributed by atoms with van der Waals surface area (Å²) in [5.74, 6) is -3.59. The van der Waals surface area contributed by atoms with Crippen LogP contribution in [-0.4, -0.2) is 55.9 Å². The second-order valence-electron chi connectivity index (χ2n) is 8.52. The van der Waals surface area contributed by atoms with E-state index in [0.717, 1.165) is 0 Å². The lowest BCUT2D eigenvalue weighted by atomic mass is 9.51. The van der Waals surface area contributed by atoms with Crippen LogP contribution in [0.4, 0.5) is 0 Å². The second kappa shape index (κ2) is 4.98. The summed E-state index contributed by atoms with van der Waals surface area (Å²) in [6.45, 7) is 4.92. The zero-order valence-corrected chi connectivity index (χ0v) is 15.8. The first-order valence-corrected chi connectivity index (χ1v) is 10.0. The molecule has 0 radical (unpaired) electrons. The Bertz CT molecular complexity index is 794. The van der Waals surface area contributed by atoms with E-state index in [4.69, 9.17) is 13.7 Å². The first-order chi connectivity index (χ1) is 11.9. The molecule has 0 amide bonds. The maximum atomic E-state index is 12.7. The number of methoxy groups -OCH3 is 1. The van der Waals surface area contributed by atoms with Gasteiger partial charge in [-0.05, 0) is 26.7 Å². The van der Waals surface area contributed by atoms with E-state index in [-0.39, 0.29) is 6.42 Å². The summed E-state index contributed by atoms with van der Waals surface area (Å²) in [5, 5.41) is 11.7. The molecule has 0 aromatic rings. The molecule has 2 saturated carbocycles. The molecule has 10 heteroatoms. The van der Waals surface area contributed by atoms with Gasteiger partial charge in [0.25, 0.3) is 0 Å². The lowest BCUT2D eigenvalue weighted by Gasteiger charge is -2.59. The van der Waals surface area contributed by atoms with Crippen LogP contribution in [0.2, 0.25) is 0 Å². The number of fused-ring (bicyclic) bond motifs is 2. The van der Waals surface area contributed by atoms with Crippen LogP contribution in [0.5, 0.6) is 0 Å². The van der Waals surface area contributed by atoms with Gasteiger partial charge in [-0.15, -0.1) is 0 Å². The minimum Gasteiger partial charge on any atom is -0.469 e. The molecule has 0 aromatic carbocycles. The van der Waals surface area contributed by atoms with E-state index >= 15 is 0 Å². The molecule has 2 heterocycles. The molecule has 146 valence electrons. The van der Waals surface area contributed by atoms with Gasteiger partial charge in [0.2, 0.25) is 0 Å². The molecule has 0 spiro atoms. The SMILES string of the molecule is COC(=O)[C@H]1[C@H]2[C@@H](OS(=O)(=O)NC2(C)C)[C@H]2OC(=O)C3CC[C@]1(O)[C@]32C. The predicted octanol–water partition coefficient (Wildman–Crippen LogP) is -0.510. The Labute approximate surface area is 151 Å². The molecule has 1 unspecified atom stereocenters. The number of rotatable bonds is 1. The van der Waals surface area contributed by atoms with Gasteiger partial charge in [0.1, 0.15) is 12.2 Å². The van der Waals surface area contributed by atoms with Crippen LogP contribution in [0.3, 0.4) is 0 Å². The maximum absolute atomic E-state index is 12.7. The third-order valence-corrected chi connectivity index (χ3v) is 8.28. The predicted molar refractivity (Wildman–Crippen MR) is 85.7 cm³/mol. The minimum atomic E-state index is -4.11. The van der Waals surface area contributed by atoms with Gasteiger partial charge >= 0.3 is 22.2 Å². The Morgan fingerprint density at radius 1 is 1.35 bits per heavy atom. The van der Waals surface area contributed by atoms with Crippen molar-refractivity contribution in [3.63, 3.8) is 0 Å². The fourth-order valence-electron chi connectivity index (χ4n) is 5.91. The van der Waals surface area contributed by atoms with Crippen molar-refractivity contribution >= 4 is 22.2 Å². The number of carbonyl (C=O) groups excluding carboxylic acids is 2. The number of nitrogens with one attached hydrogen (secondary N) is 1. The third kappa shape index (κ3) is 1.93. The van der Waals surface area contributed by atoms with E-state index in [1.54, 1.807) is 20.8 Å². The zero-order valence-electron chi connectivity index (χ0n) is 15.0. The number of ether oxygens (including phenoxy) is 2. The smallest absolute Gasteiger partial charge is 0.336 e. The van der Waals surface area contributed by atoms with Gasteiger partial charge in [0.15, 0.2) is 0 Å². The quantitative estimate of drug-likeness (QED) is 0.574. The van der Waals surface area contributed by atoms with Crippen molar-refractivity contribution in [3.05, 3.63) is 0 Å². The Hall–Kier alpha value is -1.23. The molecule has 2 aliphatic heterocycles. The molecule has 7 atom stereocenters. The van der Waals surface area contributed by atoms with E-state index in [0.29, 0.717) is 6.42 Å². The van der Waals surface area contributed by atoms with Crippen LogP contribution in [0.1, 0.15) is 33.6 Å². The van der Waals surface area contributed by atoms with Gasteiger partial charge in [-0.3, -0.25) is 13.8 Å². The first-order valence-electron chi connectivity index (χ1n) is 8.62. The summed E-state index contributed by atoms with van der Waals surface area (Å²) in [6.07, 6.45) is -1.46. The lowest BCUT2D eigenvalue weighted by Crippen LogP contribution is -2.76. The maximum Gasteiger partial charge on any atom is 0.336 e. The van der Waals surface area contributed by atoms with Crippen molar-refractivity contribution < 1.29 is 36.8 Å². The molecule has 9 nitrogen and oxygen atoms in total. The molecular weight excluding hydrogens is 366 g/mol. The number of esters is 2. The number of hydrogen-bond acceptors (Lipinski definition) is 8. The van der Waals surface area contributed by atoms with Crippen molar-refractivity contribution in [2.24, 2.45) is 23.2 Å². The van der Waals surface area contributed by atoms with E-state index in [1.807, 2.05) is 0 Å². The molecule has 0 aromatic heterocycles. The highest BCUT2D eigenvalue weighted by Crippen LogP contribution is 2.67. The summed E-state index contributed by atoms with van der Waals surface area (Å²) in [5.41, 5.74) is -3.82. The van der Waals surface area contributed by atoms with Crippen LogP contribution in [0, 0.1) is 23.2 Å². The number of aliphatic hydroxyl groups is 1. The van der Waals surface area contributed by atoms with Crippen LogP contribution in [-0.2, 0) is 33.6 Å². The van der Waals surface area contributed by atoms with Gasteiger partial charge in [-0.1, -0.05) is 6.92 Å². The zero-order chi connectivity index (χ0) is 19.3. The molecule has 2 N–H and O–H groups in total. The van der Waals surface area contributed by atoms with Crippen LogP contribution in [0.15, 0.2) is 0 Å². The fraction of sp³-hybridized carbons (Fsp3) is 0.875. The first kappa shape index (κ1) is 18.1. The van der Waals surface area contributed by atoms with Gasteiger partial charge in [-0.25, -0.2) is 0 Å². The monoisotopic (exact) mass is 389 g/mol. The van der Waals surface area contributed by atoms with E-state index in [9.17, 15) is 23.1 Å². The highest BCUT2D eigenvalue weighted by Gasteiger charge is 2.80. The molecule has 0 bridgehead atoms. The minimum absolute atomic E-state index is 0.228. The normalized spacial score (nSPS) is 50.5. The average Bonchev–Trinajstić information content (AvgIpc) is 2.93. The summed E-state index contributed by atoms with van der Waals surface area (Å²) in [7, 11) is -2.89. The molecule has 4 fully saturated rings. The third-order valence-electron chi connectivity index (χ3n) is 7.03. The Balaban J connectivity index is 1.96. The Morgan fingerprint density at radius 2 is 2.00 bits per heavy atom. The van der Waals surface area contributed by atoms with Crippen molar-refractivity contribution in [1.29, 1.82) is 0 Å². The van der Waals surface area contributed by atoms with E-state index in [2.05, 4.69) is 4.72 Å². The molecule has 2 saturated heterocycles. The average molecular weight is 389 g/mol. The fourth-order valence-corrected chi connectivity index (χ4v) is 7.25. The van der Waals surface area contributed by atoms with Crippen LogP contribution >= 0.6 is 0 Å². The van der Waals surface area contributed by atoms with Crippen molar-refractivity contribution in [2.75, 3.05) is 7.11 Å². The number of carbonyl (C=O) groups is 2. The largest absolute Gasteiger partial charge is 0.469 e. The standard InChI is InChI=1S/C16H23NO8S/c1-14(2)8-9(13(19)23-4)16(20)6-5-7-12(18)24-11(15(7,16)3)10(8)25-26(21,22)17-14/h7-11,17,20H,5-6H2,1-4H3/t7?,8-,9+,10+,11+,15+,16+/m0/s1. The number of hydrogen-bond donors (Lipinski definition) is 2. The van der Waals surface area contributed by atoms with E-state index in [1.165, 1.54) is 7.11 Å². The molecular formula is C16H23NO8S. The summed E-state index contributed by atoms with van der Waals surface area (Å²) < 4.78 is 42.7.